The van der Waals surface area contributed by atoms with E-state index in [9.17, 15) is 4.79 Å². The van der Waals surface area contributed by atoms with Crippen molar-refractivity contribution in [3.05, 3.63) is 23.8 Å². The van der Waals surface area contributed by atoms with Crippen LogP contribution in [-0.4, -0.2) is 56.0 Å². The molecular formula is C16H25N3O2. The molecule has 2 rings (SSSR count). The first-order chi connectivity index (χ1) is 9.89. The van der Waals surface area contributed by atoms with Gasteiger partial charge in [-0.25, -0.2) is 0 Å². The Morgan fingerprint density at radius 2 is 2.00 bits per heavy atom. The van der Waals surface area contributed by atoms with Gasteiger partial charge in [-0.05, 0) is 51.6 Å². The van der Waals surface area contributed by atoms with E-state index in [-0.39, 0.29) is 11.4 Å². The van der Waals surface area contributed by atoms with Gasteiger partial charge in [0.1, 0.15) is 5.75 Å². The average molecular weight is 291 g/mol. The zero-order valence-corrected chi connectivity index (χ0v) is 13.3. The molecule has 1 fully saturated rings. The van der Waals surface area contributed by atoms with Crippen molar-refractivity contribution < 1.29 is 9.53 Å². The van der Waals surface area contributed by atoms with Crippen LogP contribution in [0.2, 0.25) is 0 Å². The smallest absolute Gasteiger partial charge is 0.253 e. The molecular weight excluding hydrogens is 266 g/mol. The van der Waals surface area contributed by atoms with Crippen molar-refractivity contribution in [3.8, 4) is 5.75 Å². The fourth-order valence-corrected chi connectivity index (χ4v) is 2.91. The van der Waals surface area contributed by atoms with Crippen LogP contribution in [0.4, 0.5) is 5.69 Å². The summed E-state index contributed by atoms with van der Waals surface area (Å²) in [5.74, 6) is 0.543. The van der Waals surface area contributed by atoms with E-state index in [1.54, 1.807) is 30.2 Å². The average Bonchev–Trinajstić information content (AvgIpc) is 2.41. The Kier molecular flexibility index (Phi) is 4.42. The lowest BCUT2D eigenvalue weighted by Gasteiger charge is -2.49. The summed E-state index contributed by atoms with van der Waals surface area (Å²) in [6.45, 7) is 0.742. The van der Waals surface area contributed by atoms with Crippen molar-refractivity contribution in [3.63, 3.8) is 0 Å². The number of amides is 1. The minimum Gasteiger partial charge on any atom is -0.495 e. The standard InChI is InChI=1S/C16H25N3O2/c1-18(2)16(8-5-9-16)11-19(3)15(20)12-6-7-13(17)14(10-12)21-4/h6-7,10H,5,8-9,11,17H2,1-4H3. The van der Waals surface area contributed by atoms with Gasteiger partial charge in [-0.1, -0.05) is 0 Å². The predicted molar refractivity (Wildman–Crippen MR) is 84.6 cm³/mol. The Bertz CT molecular complexity index is 524. The molecule has 116 valence electrons. The topological polar surface area (TPSA) is 58.8 Å². The molecule has 0 spiro atoms. The number of nitrogen functional groups attached to an aromatic ring is 1. The van der Waals surface area contributed by atoms with Gasteiger partial charge >= 0.3 is 0 Å². The molecule has 2 N–H and O–H groups in total. The van der Waals surface area contributed by atoms with Crippen LogP contribution in [0.5, 0.6) is 5.75 Å². The third-order valence-corrected chi connectivity index (χ3v) is 4.59. The van der Waals surface area contributed by atoms with E-state index < -0.39 is 0 Å². The van der Waals surface area contributed by atoms with Gasteiger partial charge in [0.2, 0.25) is 0 Å². The number of carbonyl (C=O) groups excluding carboxylic acids is 1. The molecule has 21 heavy (non-hydrogen) atoms. The Labute approximate surface area is 126 Å². The zero-order valence-electron chi connectivity index (χ0n) is 13.3. The predicted octanol–water partition coefficient (Wildman–Crippen LogP) is 1.83. The van der Waals surface area contributed by atoms with Crippen LogP contribution in [0.1, 0.15) is 29.6 Å². The van der Waals surface area contributed by atoms with E-state index in [2.05, 4.69) is 19.0 Å². The molecule has 0 bridgehead atoms. The van der Waals surface area contributed by atoms with Gasteiger partial charge in [-0.2, -0.15) is 0 Å². The number of hydrogen-bond donors (Lipinski definition) is 1. The summed E-state index contributed by atoms with van der Waals surface area (Å²) in [7, 11) is 7.58. The fourth-order valence-electron chi connectivity index (χ4n) is 2.91. The quantitative estimate of drug-likeness (QED) is 0.841. The van der Waals surface area contributed by atoms with Crippen molar-refractivity contribution in [1.29, 1.82) is 0 Å². The maximum Gasteiger partial charge on any atom is 0.253 e. The second-order valence-corrected chi connectivity index (χ2v) is 6.09. The highest BCUT2D eigenvalue weighted by atomic mass is 16.5. The van der Waals surface area contributed by atoms with Crippen LogP contribution in [0.15, 0.2) is 18.2 Å². The van der Waals surface area contributed by atoms with Crippen LogP contribution in [-0.2, 0) is 0 Å². The lowest BCUT2D eigenvalue weighted by molar-refractivity contribution is 0.0252. The number of methoxy groups -OCH3 is 1. The molecule has 1 saturated carbocycles. The van der Waals surface area contributed by atoms with Crippen LogP contribution >= 0.6 is 0 Å². The normalized spacial score (nSPS) is 16.4. The van der Waals surface area contributed by atoms with E-state index in [1.807, 2.05) is 7.05 Å². The molecule has 0 unspecified atom stereocenters. The number of benzene rings is 1. The Hall–Kier alpha value is -1.75. The van der Waals surface area contributed by atoms with Crippen molar-refractivity contribution >= 4 is 11.6 Å². The molecule has 1 aliphatic carbocycles. The fraction of sp³-hybridized carbons (Fsp3) is 0.562. The first kappa shape index (κ1) is 15.6. The molecule has 0 atom stereocenters. The highest BCUT2D eigenvalue weighted by molar-refractivity contribution is 5.95. The molecule has 1 amide bonds. The summed E-state index contributed by atoms with van der Waals surface area (Å²) in [5, 5.41) is 0. The molecule has 1 aromatic carbocycles. The Morgan fingerprint density at radius 1 is 1.33 bits per heavy atom. The maximum absolute atomic E-state index is 12.6. The number of rotatable bonds is 5. The summed E-state index contributed by atoms with van der Waals surface area (Å²) >= 11 is 0. The van der Waals surface area contributed by atoms with Gasteiger partial charge in [-0.3, -0.25) is 4.79 Å². The summed E-state index contributed by atoms with van der Waals surface area (Å²) < 4.78 is 5.18. The lowest BCUT2D eigenvalue weighted by Crippen LogP contribution is -2.57. The van der Waals surface area contributed by atoms with Crippen molar-refractivity contribution in [2.75, 3.05) is 40.5 Å². The number of nitrogens with zero attached hydrogens (tertiary/aromatic N) is 2. The van der Waals surface area contributed by atoms with Gasteiger partial charge in [0.25, 0.3) is 5.91 Å². The van der Waals surface area contributed by atoms with Crippen molar-refractivity contribution in [2.45, 2.75) is 24.8 Å². The molecule has 0 radical (unpaired) electrons. The summed E-state index contributed by atoms with van der Waals surface area (Å²) in [4.78, 5) is 16.6. The van der Waals surface area contributed by atoms with Crippen LogP contribution in [0, 0.1) is 0 Å². The van der Waals surface area contributed by atoms with E-state index in [1.165, 1.54) is 6.42 Å². The highest BCUT2D eigenvalue weighted by Crippen LogP contribution is 2.37. The van der Waals surface area contributed by atoms with Gasteiger partial charge < -0.3 is 20.3 Å². The molecule has 1 aromatic rings. The van der Waals surface area contributed by atoms with Gasteiger partial charge in [0.15, 0.2) is 0 Å². The summed E-state index contributed by atoms with van der Waals surface area (Å²) in [6.07, 6.45) is 3.52. The Balaban J connectivity index is 2.12. The van der Waals surface area contributed by atoms with Gasteiger partial charge in [0.05, 0.1) is 12.8 Å². The third-order valence-electron chi connectivity index (χ3n) is 4.59. The van der Waals surface area contributed by atoms with E-state index >= 15 is 0 Å². The van der Waals surface area contributed by atoms with Crippen molar-refractivity contribution in [1.82, 2.24) is 9.80 Å². The molecule has 5 nitrogen and oxygen atoms in total. The van der Waals surface area contributed by atoms with Crippen LogP contribution in [0.25, 0.3) is 0 Å². The minimum atomic E-state index is 0.00132. The number of anilines is 1. The molecule has 0 aliphatic heterocycles. The first-order valence-electron chi connectivity index (χ1n) is 7.26. The van der Waals surface area contributed by atoms with Crippen molar-refractivity contribution in [2.24, 2.45) is 0 Å². The van der Waals surface area contributed by atoms with Gasteiger partial charge in [0, 0.05) is 24.7 Å². The number of carbonyl (C=O) groups is 1. The third kappa shape index (κ3) is 2.97. The largest absolute Gasteiger partial charge is 0.495 e. The minimum absolute atomic E-state index is 0.00132. The summed E-state index contributed by atoms with van der Waals surface area (Å²) in [5.41, 5.74) is 7.07. The Morgan fingerprint density at radius 3 is 2.48 bits per heavy atom. The molecule has 0 saturated heterocycles. The van der Waals surface area contributed by atoms with E-state index in [4.69, 9.17) is 10.5 Å². The maximum atomic E-state index is 12.6. The zero-order chi connectivity index (χ0) is 15.6. The first-order valence-corrected chi connectivity index (χ1v) is 7.26. The highest BCUT2D eigenvalue weighted by Gasteiger charge is 2.40. The monoisotopic (exact) mass is 291 g/mol. The second-order valence-electron chi connectivity index (χ2n) is 6.09. The van der Waals surface area contributed by atoms with E-state index in [0.717, 1.165) is 19.4 Å². The number of nitrogens with two attached hydrogens (primary N) is 1. The number of hydrogen-bond acceptors (Lipinski definition) is 4. The molecule has 1 aliphatic rings. The van der Waals surface area contributed by atoms with Gasteiger partial charge in [-0.15, -0.1) is 0 Å². The number of likely N-dealkylation sites (N-methyl/N-ethyl adjacent to an activating group) is 2. The number of ether oxygens (including phenoxy) is 1. The molecule has 0 heterocycles. The second kappa shape index (κ2) is 5.93. The van der Waals surface area contributed by atoms with Crippen LogP contribution in [0.3, 0.4) is 0 Å². The molecule has 5 heteroatoms. The lowest BCUT2D eigenvalue weighted by atomic mass is 9.75. The summed E-state index contributed by atoms with van der Waals surface area (Å²) in [6, 6.07) is 5.17. The van der Waals surface area contributed by atoms with E-state index in [0.29, 0.717) is 17.0 Å². The SMILES string of the molecule is COc1cc(C(=O)N(C)CC2(N(C)C)CCC2)ccc1N. The van der Waals surface area contributed by atoms with Crippen LogP contribution < -0.4 is 10.5 Å². The molecule has 0 aromatic heterocycles.